The summed E-state index contributed by atoms with van der Waals surface area (Å²) in [5.41, 5.74) is 2.15. The van der Waals surface area contributed by atoms with Gasteiger partial charge in [-0.25, -0.2) is 4.98 Å². The molecule has 0 aliphatic heterocycles. The van der Waals surface area contributed by atoms with Gasteiger partial charge in [-0.3, -0.25) is 14.3 Å². The Morgan fingerprint density at radius 1 is 1.36 bits per heavy atom. The summed E-state index contributed by atoms with van der Waals surface area (Å²) in [6.07, 6.45) is 3.97. The Kier molecular flexibility index (Phi) is 6.32. The maximum atomic E-state index is 12.2. The number of hydrogen-bond donors (Lipinski definition) is 3. The minimum atomic E-state index is -0.223. The van der Waals surface area contributed by atoms with Crippen molar-refractivity contribution in [1.29, 1.82) is 0 Å². The first-order chi connectivity index (χ1) is 11.8. The third-order valence-corrected chi connectivity index (χ3v) is 3.82. The molecule has 1 unspecified atom stereocenters. The molecule has 2 aromatic heterocycles. The third-order valence-electron chi connectivity index (χ3n) is 3.82. The predicted molar refractivity (Wildman–Crippen MR) is 94.0 cm³/mol. The van der Waals surface area contributed by atoms with Crippen LogP contribution in [-0.2, 0) is 18.3 Å². The number of aromatic nitrogens is 4. The maximum absolute atomic E-state index is 12.2. The van der Waals surface area contributed by atoms with Gasteiger partial charge in [0.1, 0.15) is 5.69 Å². The van der Waals surface area contributed by atoms with Crippen LogP contribution in [0.4, 0.5) is 0 Å². The van der Waals surface area contributed by atoms with E-state index in [-0.39, 0.29) is 24.3 Å². The molecule has 2 rings (SSSR count). The zero-order valence-corrected chi connectivity index (χ0v) is 15.2. The van der Waals surface area contributed by atoms with E-state index in [1.807, 2.05) is 20.0 Å². The number of nitrogens with zero attached hydrogens (tertiary/aromatic N) is 3. The Morgan fingerprint density at radius 2 is 2.12 bits per heavy atom. The summed E-state index contributed by atoms with van der Waals surface area (Å²) >= 11 is 0. The first kappa shape index (κ1) is 18.7. The van der Waals surface area contributed by atoms with Crippen LogP contribution >= 0.6 is 0 Å². The van der Waals surface area contributed by atoms with Crippen molar-refractivity contribution in [3.63, 3.8) is 0 Å². The minimum absolute atomic E-state index is 0.0902. The smallest absolute Gasteiger partial charge is 0.269 e. The molecule has 136 valence electrons. The van der Waals surface area contributed by atoms with Crippen LogP contribution in [-0.4, -0.2) is 44.1 Å². The fourth-order valence-corrected chi connectivity index (χ4v) is 2.70. The summed E-state index contributed by atoms with van der Waals surface area (Å²) in [6.45, 7) is 6.43. The van der Waals surface area contributed by atoms with Crippen molar-refractivity contribution >= 4 is 11.8 Å². The average Bonchev–Trinajstić information content (AvgIpc) is 3.15. The number of nitrogens with one attached hydrogen (secondary N) is 3. The van der Waals surface area contributed by atoms with Crippen LogP contribution in [0.1, 0.15) is 42.1 Å². The Hall–Kier alpha value is -2.64. The predicted octanol–water partition coefficient (Wildman–Crippen LogP) is 0.955. The molecule has 8 heteroatoms. The van der Waals surface area contributed by atoms with Gasteiger partial charge < -0.3 is 15.6 Å². The van der Waals surface area contributed by atoms with Gasteiger partial charge in [-0.05, 0) is 25.3 Å². The lowest BCUT2D eigenvalue weighted by Gasteiger charge is -2.21. The van der Waals surface area contributed by atoms with Gasteiger partial charge in [0.2, 0.25) is 5.91 Å². The van der Waals surface area contributed by atoms with E-state index in [1.54, 1.807) is 4.68 Å². The molecule has 25 heavy (non-hydrogen) atoms. The molecule has 0 aliphatic rings. The normalized spacial score (nSPS) is 12.2. The van der Waals surface area contributed by atoms with Gasteiger partial charge >= 0.3 is 0 Å². The molecule has 1 atom stereocenters. The van der Waals surface area contributed by atoms with Crippen molar-refractivity contribution in [2.75, 3.05) is 6.54 Å². The number of carbonyl (C=O) groups is 2. The minimum Gasteiger partial charge on any atom is -0.354 e. The number of rotatable bonds is 8. The second-order valence-corrected chi connectivity index (χ2v) is 6.65. The van der Waals surface area contributed by atoms with E-state index < -0.39 is 0 Å². The molecule has 8 nitrogen and oxygen atoms in total. The fourth-order valence-electron chi connectivity index (χ4n) is 2.70. The molecule has 0 spiro atoms. The van der Waals surface area contributed by atoms with Crippen molar-refractivity contribution in [2.24, 2.45) is 13.0 Å². The highest BCUT2D eigenvalue weighted by molar-refractivity contribution is 5.92. The zero-order valence-electron chi connectivity index (χ0n) is 15.2. The van der Waals surface area contributed by atoms with Crippen molar-refractivity contribution in [1.82, 2.24) is 30.4 Å². The number of H-pyrrole nitrogens is 1. The Bertz CT molecular complexity index is 705. The summed E-state index contributed by atoms with van der Waals surface area (Å²) in [5.74, 6) is 0.0795. The summed E-state index contributed by atoms with van der Waals surface area (Å²) in [6, 6.07) is 1.75. The second kappa shape index (κ2) is 8.46. The van der Waals surface area contributed by atoms with Gasteiger partial charge in [0, 0.05) is 25.3 Å². The summed E-state index contributed by atoms with van der Waals surface area (Å²) in [5, 5.41) is 10.1. The molecule has 0 bridgehead atoms. The van der Waals surface area contributed by atoms with Crippen molar-refractivity contribution in [3.05, 3.63) is 35.7 Å². The third kappa shape index (κ3) is 5.74. The van der Waals surface area contributed by atoms with Gasteiger partial charge in [0.15, 0.2) is 0 Å². The Labute approximate surface area is 147 Å². The van der Waals surface area contributed by atoms with Crippen LogP contribution in [0, 0.1) is 12.8 Å². The molecular formula is C17H26N6O2. The first-order valence-electron chi connectivity index (χ1n) is 8.40. The number of imidazole rings is 1. The quantitative estimate of drug-likeness (QED) is 0.662. The van der Waals surface area contributed by atoms with Crippen LogP contribution in [0.3, 0.4) is 0 Å². The van der Waals surface area contributed by atoms with Crippen LogP contribution in [0.25, 0.3) is 0 Å². The van der Waals surface area contributed by atoms with Crippen LogP contribution < -0.4 is 10.6 Å². The number of amides is 2. The van der Waals surface area contributed by atoms with E-state index in [9.17, 15) is 9.59 Å². The van der Waals surface area contributed by atoms with Crippen molar-refractivity contribution < 1.29 is 9.59 Å². The molecule has 2 aromatic rings. The van der Waals surface area contributed by atoms with Crippen molar-refractivity contribution in [2.45, 2.75) is 39.7 Å². The molecule has 0 radical (unpaired) electrons. The highest BCUT2D eigenvalue weighted by Crippen LogP contribution is 2.06. The number of hydrogen-bond acceptors (Lipinski definition) is 4. The molecule has 0 aliphatic carbocycles. The highest BCUT2D eigenvalue weighted by Gasteiger charge is 2.17. The van der Waals surface area contributed by atoms with Crippen LogP contribution in [0.2, 0.25) is 0 Å². The molecule has 0 saturated heterocycles. The Balaban J connectivity index is 1.89. The molecule has 2 heterocycles. The van der Waals surface area contributed by atoms with Gasteiger partial charge in [-0.2, -0.15) is 5.10 Å². The highest BCUT2D eigenvalue weighted by atomic mass is 16.2. The maximum Gasteiger partial charge on any atom is 0.269 e. The largest absolute Gasteiger partial charge is 0.354 e. The van der Waals surface area contributed by atoms with E-state index in [2.05, 4.69) is 39.5 Å². The summed E-state index contributed by atoms with van der Waals surface area (Å²) in [4.78, 5) is 31.0. The van der Waals surface area contributed by atoms with Crippen LogP contribution in [0.5, 0.6) is 0 Å². The SMILES string of the molecule is Cc1cc(CC(=O)NCC(CC(C)C)NC(=O)c2cnc[nH]2)n(C)n1. The lowest BCUT2D eigenvalue weighted by Crippen LogP contribution is -2.44. The molecular weight excluding hydrogens is 320 g/mol. The summed E-state index contributed by atoms with van der Waals surface area (Å²) in [7, 11) is 1.82. The lowest BCUT2D eigenvalue weighted by atomic mass is 10.0. The number of carbonyl (C=O) groups excluding carboxylic acids is 2. The molecule has 3 N–H and O–H groups in total. The first-order valence-corrected chi connectivity index (χ1v) is 8.40. The zero-order chi connectivity index (χ0) is 18.4. The Morgan fingerprint density at radius 3 is 2.68 bits per heavy atom. The van der Waals surface area contributed by atoms with Crippen molar-refractivity contribution in [3.8, 4) is 0 Å². The monoisotopic (exact) mass is 346 g/mol. The molecule has 0 fully saturated rings. The molecule has 0 aromatic carbocycles. The molecule has 0 saturated carbocycles. The number of aryl methyl sites for hydroxylation is 2. The molecule has 2 amide bonds. The standard InChI is InChI=1S/C17H26N6O2/c1-11(2)5-13(21-17(25)15-9-18-10-20-15)8-19-16(24)7-14-6-12(3)22-23(14)4/h6,9-11,13H,5,7-8H2,1-4H3,(H,18,20)(H,19,24)(H,21,25). The van der Waals surface area contributed by atoms with E-state index in [0.717, 1.165) is 17.8 Å². The lowest BCUT2D eigenvalue weighted by molar-refractivity contribution is -0.120. The van der Waals surface area contributed by atoms with E-state index in [1.165, 1.54) is 12.5 Å². The van der Waals surface area contributed by atoms with E-state index in [4.69, 9.17) is 0 Å². The van der Waals surface area contributed by atoms with Gasteiger partial charge in [-0.1, -0.05) is 13.8 Å². The second-order valence-electron chi connectivity index (χ2n) is 6.65. The van der Waals surface area contributed by atoms with E-state index >= 15 is 0 Å². The topological polar surface area (TPSA) is 105 Å². The van der Waals surface area contributed by atoms with Gasteiger partial charge in [-0.15, -0.1) is 0 Å². The fraction of sp³-hybridized carbons (Fsp3) is 0.529. The van der Waals surface area contributed by atoms with Gasteiger partial charge in [0.05, 0.1) is 24.6 Å². The average molecular weight is 346 g/mol. The summed E-state index contributed by atoms with van der Waals surface area (Å²) < 4.78 is 1.71. The van der Waals surface area contributed by atoms with Crippen LogP contribution in [0.15, 0.2) is 18.6 Å². The van der Waals surface area contributed by atoms with Gasteiger partial charge in [0.25, 0.3) is 5.91 Å². The number of aromatic amines is 1. The van der Waals surface area contributed by atoms with E-state index in [0.29, 0.717) is 18.2 Å².